The molecule has 0 saturated heterocycles. The van der Waals surface area contributed by atoms with E-state index in [0.29, 0.717) is 5.92 Å². The Bertz CT molecular complexity index is 252. The molecule has 18 heavy (non-hydrogen) atoms. The zero-order chi connectivity index (χ0) is 14.3. The molecule has 0 aliphatic rings. The van der Waals surface area contributed by atoms with Crippen LogP contribution in [0.15, 0.2) is 0 Å². The standard InChI is InChI=1S/C14H30N2O2/c1-10(2)9-15-13(17)12(4)16-11(3)8-14(5,6)18-7/h10-12,16H,8-9H2,1-7H3,(H,15,17). The van der Waals surface area contributed by atoms with E-state index in [0.717, 1.165) is 13.0 Å². The van der Waals surface area contributed by atoms with Gasteiger partial charge in [-0.1, -0.05) is 13.8 Å². The van der Waals surface area contributed by atoms with E-state index in [1.807, 2.05) is 6.92 Å². The number of amides is 1. The van der Waals surface area contributed by atoms with Crippen molar-refractivity contribution in [3.63, 3.8) is 0 Å². The van der Waals surface area contributed by atoms with Crippen LogP contribution in [0.5, 0.6) is 0 Å². The summed E-state index contributed by atoms with van der Waals surface area (Å²) in [6.07, 6.45) is 0.866. The Morgan fingerprint density at radius 2 is 1.78 bits per heavy atom. The van der Waals surface area contributed by atoms with Crippen molar-refractivity contribution >= 4 is 5.91 Å². The summed E-state index contributed by atoms with van der Waals surface area (Å²) in [5.74, 6) is 0.539. The van der Waals surface area contributed by atoms with E-state index in [9.17, 15) is 4.79 Å². The molecule has 0 radical (unpaired) electrons. The number of rotatable bonds is 8. The first-order chi connectivity index (χ1) is 8.18. The number of carbonyl (C=O) groups is 1. The molecule has 4 heteroatoms. The average Bonchev–Trinajstić information content (AvgIpc) is 2.24. The fraction of sp³-hybridized carbons (Fsp3) is 0.929. The summed E-state index contributed by atoms with van der Waals surface area (Å²) in [5, 5.41) is 6.23. The molecule has 2 unspecified atom stereocenters. The van der Waals surface area contributed by atoms with Gasteiger partial charge in [-0.3, -0.25) is 4.79 Å². The largest absolute Gasteiger partial charge is 0.379 e. The lowest BCUT2D eigenvalue weighted by Gasteiger charge is -2.28. The summed E-state index contributed by atoms with van der Waals surface area (Å²) < 4.78 is 5.39. The fourth-order valence-electron chi connectivity index (χ4n) is 1.84. The molecule has 1 amide bonds. The van der Waals surface area contributed by atoms with E-state index < -0.39 is 0 Å². The van der Waals surface area contributed by atoms with Gasteiger partial charge in [0.25, 0.3) is 0 Å². The molecule has 0 rings (SSSR count). The zero-order valence-electron chi connectivity index (χ0n) is 13.0. The predicted octanol–water partition coefficient (Wildman–Crippen LogP) is 1.94. The second-order valence-corrected chi connectivity index (χ2v) is 6.10. The maximum Gasteiger partial charge on any atom is 0.236 e. The van der Waals surface area contributed by atoms with E-state index in [4.69, 9.17) is 4.74 Å². The molecule has 0 aliphatic carbocycles. The first kappa shape index (κ1) is 17.4. The van der Waals surface area contributed by atoms with Gasteiger partial charge < -0.3 is 15.4 Å². The van der Waals surface area contributed by atoms with Crippen LogP contribution < -0.4 is 10.6 Å². The monoisotopic (exact) mass is 258 g/mol. The number of hydrogen-bond acceptors (Lipinski definition) is 3. The highest BCUT2D eigenvalue weighted by atomic mass is 16.5. The van der Waals surface area contributed by atoms with E-state index in [1.165, 1.54) is 0 Å². The van der Waals surface area contributed by atoms with E-state index in [2.05, 4.69) is 45.3 Å². The van der Waals surface area contributed by atoms with Crippen LogP contribution in [-0.4, -0.2) is 37.2 Å². The van der Waals surface area contributed by atoms with Gasteiger partial charge in [0.2, 0.25) is 5.91 Å². The van der Waals surface area contributed by atoms with Crippen LogP contribution in [-0.2, 0) is 9.53 Å². The van der Waals surface area contributed by atoms with Crippen LogP contribution in [0.25, 0.3) is 0 Å². The molecule has 0 spiro atoms. The van der Waals surface area contributed by atoms with Crippen molar-refractivity contribution in [2.24, 2.45) is 5.92 Å². The summed E-state index contributed by atoms with van der Waals surface area (Å²) in [7, 11) is 1.71. The predicted molar refractivity (Wildman–Crippen MR) is 75.6 cm³/mol. The van der Waals surface area contributed by atoms with Gasteiger partial charge in [0.1, 0.15) is 0 Å². The van der Waals surface area contributed by atoms with Crippen molar-refractivity contribution in [2.75, 3.05) is 13.7 Å². The Kier molecular flexibility index (Phi) is 7.48. The van der Waals surface area contributed by atoms with Gasteiger partial charge in [-0.2, -0.15) is 0 Å². The third-order valence-electron chi connectivity index (χ3n) is 2.96. The highest BCUT2D eigenvalue weighted by Gasteiger charge is 2.22. The minimum absolute atomic E-state index is 0.0609. The van der Waals surface area contributed by atoms with Gasteiger partial charge in [0.05, 0.1) is 11.6 Å². The highest BCUT2D eigenvalue weighted by molar-refractivity contribution is 5.81. The van der Waals surface area contributed by atoms with Gasteiger partial charge in [0, 0.05) is 19.7 Å². The second-order valence-electron chi connectivity index (χ2n) is 6.10. The zero-order valence-corrected chi connectivity index (χ0v) is 13.0. The maximum atomic E-state index is 11.8. The SMILES string of the molecule is COC(C)(C)CC(C)NC(C)C(=O)NCC(C)C. The van der Waals surface area contributed by atoms with E-state index in [-0.39, 0.29) is 23.6 Å². The molecule has 108 valence electrons. The third kappa shape index (κ3) is 7.67. The summed E-state index contributed by atoms with van der Waals surface area (Å²) in [6.45, 7) is 13.0. The van der Waals surface area contributed by atoms with Crippen molar-refractivity contribution in [1.82, 2.24) is 10.6 Å². The smallest absolute Gasteiger partial charge is 0.236 e. The molecule has 0 bridgehead atoms. The Morgan fingerprint density at radius 3 is 2.22 bits per heavy atom. The minimum atomic E-state index is -0.175. The molecule has 2 N–H and O–H groups in total. The van der Waals surface area contributed by atoms with Crippen LogP contribution >= 0.6 is 0 Å². The molecule has 4 nitrogen and oxygen atoms in total. The number of hydrogen-bond donors (Lipinski definition) is 2. The Morgan fingerprint density at radius 1 is 1.22 bits per heavy atom. The first-order valence-corrected chi connectivity index (χ1v) is 6.77. The normalized spacial score (nSPS) is 15.6. The molecular weight excluding hydrogens is 228 g/mol. The van der Waals surface area contributed by atoms with Crippen LogP contribution in [0.3, 0.4) is 0 Å². The molecular formula is C14H30N2O2. The third-order valence-corrected chi connectivity index (χ3v) is 2.96. The van der Waals surface area contributed by atoms with Crippen molar-refractivity contribution in [2.45, 2.75) is 65.6 Å². The number of nitrogens with one attached hydrogen (secondary N) is 2. The van der Waals surface area contributed by atoms with Gasteiger partial charge in [-0.15, -0.1) is 0 Å². The second kappa shape index (κ2) is 7.74. The number of ether oxygens (including phenoxy) is 1. The van der Waals surface area contributed by atoms with Crippen LogP contribution in [0.4, 0.5) is 0 Å². The number of methoxy groups -OCH3 is 1. The lowest BCUT2D eigenvalue weighted by molar-refractivity contribution is -0.123. The van der Waals surface area contributed by atoms with Crippen LogP contribution in [0.1, 0.15) is 48.0 Å². The highest BCUT2D eigenvalue weighted by Crippen LogP contribution is 2.15. The molecule has 0 heterocycles. The van der Waals surface area contributed by atoms with Crippen molar-refractivity contribution in [3.8, 4) is 0 Å². The molecule has 2 atom stereocenters. The Hall–Kier alpha value is -0.610. The fourth-order valence-corrected chi connectivity index (χ4v) is 1.84. The van der Waals surface area contributed by atoms with Crippen molar-refractivity contribution in [1.29, 1.82) is 0 Å². The molecule has 0 aromatic heterocycles. The van der Waals surface area contributed by atoms with Crippen molar-refractivity contribution < 1.29 is 9.53 Å². The van der Waals surface area contributed by atoms with E-state index in [1.54, 1.807) is 7.11 Å². The molecule has 0 saturated carbocycles. The summed E-state index contributed by atoms with van der Waals surface area (Å²) in [4.78, 5) is 11.8. The van der Waals surface area contributed by atoms with Crippen molar-refractivity contribution in [3.05, 3.63) is 0 Å². The minimum Gasteiger partial charge on any atom is -0.379 e. The Balaban J connectivity index is 4.06. The van der Waals surface area contributed by atoms with Crippen LogP contribution in [0.2, 0.25) is 0 Å². The maximum absolute atomic E-state index is 11.8. The Labute approximate surface area is 112 Å². The summed E-state index contributed by atoms with van der Waals surface area (Å²) in [5.41, 5.74) is -0.166. The first-order valence-electron chi connectivity index (χ1n) is 6.77. The van der Waals surface area contributed by atoms with Gasteiger partial charge in [-0.05, 0) is 40.0 Å². The summed E-state index contributed by atoms with van der Waals surface area (Å²) in [6, 6.07) is 0.0613. The molecule has 0 aromatic rings. The molecule has 0 aliphatic heterocycles. The molecule has 0 fully saturated rings. The summed E-state index contributed by atoms with van der Waals surface area (Å²) >= 11 is 0. The topological polar surface area (TPSA) is 50.4 Å². The molecule has 0 aromatic carbocycles. The van der Waals surface area contributed by atoms with Crippen LogP contribution in [0, 0.1) is 5.92 Å². The van der Waals surface area contributed by atoms with E-state index >= 15 is 0 Å². The van der Waals surface area contributed by atoms with Gasteiger partial charge in [0.15, 0.2) is 0 Å². The van der Waals surface area contributed by atoms with Gasteiger partial charge >= 0.3 is 0 Å². The van der Waals surface area contributed by atoms with Gasteiger partial charge in [-0.25, -0.2) is 0 Å². The quantitative estimate of drug-likeness (QED) is 0.699. The number of carbonyl (C=O) groups excluding carboxylic acids is 1. The average molecular weight is 258 g/mol. The lowest BCUT2D eigenvalue weighted by atomic mass is 9.99. The lowest BCUT2D eigenvalue weighted by Crippen LogP contribution is -2.48.